The van der Waals surface area contributed by atoms with Crippen molar-refractivity contribution in [3.63, 3.8) is 0 Å². The number of nitrogens with zero attached hydrogens (tertiary/aromatic N) is 2. The van der Waals surface area contributed by atoms with Crippen LogP contribution in [-0.4, -0.2) is 10.3 Å². The van der Waals surface area contributed by atoms with Crippen LogP contribution in [0, 0.1) is 0 Å². The number of thiophene rings is 1. The fourth-order valence-corrected chi connectivity index (χ4v) is 8.44. The molecule has 1 aliphatic heterocycles. The van der Waals surface area contributed by atoms with Gasteiger partial charge in [-0.2, -0.15) is 0 Å². The normalized spacial score (nSPS) is 14.6. The molecule has 1 N–H and O–H groups in total. The van der Waals surface area contributed by atoms with Crippen LogP contribution in [0.15, 0.2) is 157 Å². The number of rotatable bonds is 3. The maximum atomic E-state index is 5.27. The fourth-order valence-electron chi connectivity index (χ4n) is 7.32. The molecule has 1 atom stereocenters. The Morgan fingerprint density at radius 2 is 1.37 bits per heavy atom. The lowest BCUT2D eigenvalue weighted by atomic mass is 9.94. The summed E-state index contributed by atoms with van der Waals surface area (Å²) in [6.45, 7) is 0. The smallest absolute Gasteiger partial charge is 0.0947 e. The van der Waals surface area contributed by atoms with Crippen molar-refractivity contribution in [3.05, 3.63) is 163 Å². The van der Waals surface area contributed by atoms with Crippen molar-refractivity contribution in [2.45, 2.75) is 6.04 Å². The molecule has 0 bridgehead atoms. The average molecular weight is 606 g/mol. The molecule has 0 radical (unpaired) electrons. The molecule has 3 nitrogen and oxygen atoms in total. The van der Waals surface area contributed by atoms with Gasteiger partial charge >= 0.3 is 0 Å². The van der Waals surface area contributed by atoms with E-state index in [0.29, 0.717) is 0 Å². The van der Waals surface area contributed by atoms with E-state index in [1.807, 2.05) is 11.3 Å². The first-order chi connectivity index (χ1) is 22.8. The molecule has 0 saturated heterocycles. The van der Waals surface area contributed by atoms with Crippen LogP contribution >= 0.6 is 11.3 Å². The van der Waals surface area contributed by atoms with Gasteiger partial charge < -0.3 is 9.88 Å². The minimum Gasteiger partial charge on any atom is -0.371 e. The van der Waals surface area contributed by atoms with Crippen molar-refractivity contribution in [3.8, 4) is 5.69 Å². The Balaban J connectivity index is 1.25. The van der Waals surface area contributed by atoms with Gasteiger partial charge in [0.1, 0.15) is 0 Å². The van der Waals surface area contributed by atoms with E-state index in [-0.39, 0.29) is 6.04 Å². The largest absolute Gasteiger partial charge is 0.371 e. The Morgan fingerprint density at radius 1 is 0.565 bits per heavy atom. The Bertz CT molecular complexity index is 2680. The average Bonchev–Trinajstić information content (AvgIpc) is 3.65. The lowest BCUT2D eigenvalue weighted by Crippen LogP contribution is -2.25. The third-order valence-corrected chi connectivity index (χ3v) is 10.5. The number of aliphatic imine (C=N–C) groups is 1. The summed E-state index contributed by atoms with van der Waals surface area (Å²) in [7, 11) is 0. The number of fused-ring (bicyclic) bond motifs is 9. The van der Waals surface area contributed by atoms with Crippen LogP contribution < -0.4 is 5.32 Å². The molecule has 0 aliphatic carbocycles. The first kappa shape index (κ1) is 25.6. The van der Waals surface area contributed by atoms with E-state index >= 15 is 0 Å². The molecular weight excluding hydrogens is 579 g/mol. The van der Waals surface area contributed by atoms with Crippen LogP contribution in [0.3, 0.4) is 0 Å². The second kappa shape index (κ2) is 9.90. The number of anilines is 1. The van der Waals surface area contributed by atoms with Crippen LogP contribution in [0.5, 0.6) is 0 Å². The van der Waals surface area contributed by atoms with Crippen molar-refractivity contribution in [2.24, 2.45) is 4.99 Å². The third kappa shape index (κ3) is 3.81. The summed E-state index contributed by atoms with van der Waals surface area (Å²) in [5.41, 5.74) is 8.89. The zero-order valence-electron chi connectivity index (χ0n) is 24.8. The Kier molecular flexibility index (Phi) is 5.51. The standard InChI is InChI=1S/C42H27N3S/c1-2-12-27(13-3-1)41-42(44-35-19-8-7-18-34(35)43-41)28-14-10-15-29(23-28)45-36-22-21-26-11-4-5-16-30(26)40(36)33-24-32-31-17-6-9-20-38(31)46-39(32)25-37(33)45/h1-25,41,43H. The molecule has 216 valence electrons. The highest BCUT2D eigenvalue weighted by atomic mass is 32.1. The predicted molar refractivity (Wildman–Crippen MR) is 197 cm³/mol. The van der Waals surface area contributed by atoms with E-state index in [4.69, 9.17) is 4.99 Å². The molecule has 7 aromatic carbocycles. The lowest BCUT2D eigenvalue weighted by molar-refractivity contribution is 1.01. The number of hydrogen-bond acceptors (Lipinski definition) is 3. The lowest BCUT2D eigenvalue weighted by Gasteiger charge is -2.28. The minimum absolute atomic E-state index is 0.0633. The number of benzene rings is 7. The number of para-hydroxylation sites is 2. The number of hydrogen-bond donors (Lipinski definition) is 1. The van der Waals surface area contributed by atoms with Gasteiger partial charge in [0.2, 0.25) is 0 Å². The maximum Gasteiger partial charge on any atom is 0.0947 e. The van der Waals surface area contributed by atoms with Gasteiger partial charge in [-0.05, 0) is 64.9 Å². The highest BCUT2D eigenvalue weighted by Crippen LogP contribution is 2.43. The summed E-state index contributed by atoms with van der Waals surface area (Å²) >= 11 is 1.87. The van der Waals surface area contributed by atoms with Crippen LogP contribution in [0.2, 0.25) is 0 Å². The molecule has 10 rings (SSSR count). The highest BCUT2D eigenvalue weighted by molar-refractivity contribution is 7.25. The molecule has 2 aromatic heterocycles. The van der Waals surface area contributed by atoms with Crippen molar-refractivity contribution >= 4 is 81.2 Å². The summed E-state index contributed by atoms with van der Waals surface area (Å²) in [6.07, 6.45) is 0. The molecule has 3 heterocycles. The molecule has 0 fully saturated rings. The van der Waals surface area contributed by atoms with E-state index in [0.717, 1.165) is 28.3 Å². The molecule has 1 unspecified atom stereocenters. The van der Waals surface area contributed by atoms with E-state index < -0.39 is 0 Å². The van der Waals surface area contributed by atoms with Gasteiger partial charge in [0.15, 0.2) is 0 Å². The second-order valence-corrected chi connectivity index (χ2v) is 13.1. The highest BCUT2D eigenvalue weighted by Gasteiger charge is 2.26. The monoisotopic (exact) mass is 605 g/mol. The van der Waals surface area contributed by atoms with Gasteiger partial charge in [-0.15, -0.1) is 11.3 Å². The van der Waals surface area contributed by atoms with Crippen molar-refractivity contribution < 1.29 is 0 Å². The Hall–Kier alpha value is -5.71. The van der Waals surface area contributed by atoms with E-state index in [1.165, 1.54) is 58.3 Å². The zero-order chi connectivity index (χ0) is 30.2. The molecule has 0 saturated carbocycles. The first-order valence-electron chi connectivity index (χ1n) is 15.7. The molecule has 1 aliphatic rings. The van der Waals surface area contributed by atoms with Crippen molar-refractivity contribution in [2.75, 3.05) is 5.32 Å². The van der Waals surface area contributed by atoms with Gasteiger partial charge in [0.05, 0.1) is 34.2 Å². The van der Waals surface area contributed by atoms with E-state index in [1.54, 1.807) is 0 Å². The van der Waals surface area contributed by atoms with Crippen molar-refractivity contribution in [1.82, 2.24) is 4.57 Å². The SMILES string of the molecule is c1ccc(C2Nc3ccccc3N=C2c2cccc(-n3c4cc5sc6ccccc6c5cc4c4c5ccccc5ccc43)c2)cc1. The molecule has 46 heavy (non-hydrogen) atoms. The molecule has 4 heteroatoms. The third-order valence-electron chi connectivity index (χ3n) is 9.40. The summed E-state index contributed by atoms with van der Waals surface area (Å²) in [6, 6.07) is 54.7. The Morgan fingerprint density at radius 3 is 2.30 bits per heavy atom. The van der Waals surface area contributed by atoms with Crippen LogP contribution in [-0.2, 0) is 0 Å². The van der Waals surface area contributed by atoms with Gasteiger partial charge in [-0.3, -0.25) is 0 Å². The summed E-state index contributed by atoms with van der Waals surface area (Å²) in [5, 5.41) is 11.5. The molecular formula is C42H27N3S. The number of nitrogens with one attached hydrogen (secondary N) is 1. The summed E-state index contributed by atoms with van der Waals surface area (Å²) in [4.78, 5) is 5.27. The van der Waals surface area contributed by atoms with Crippen LogP contribution in [0.1, 0.15) is 17.2 Å². The van der Waals surface area contributed by atoms with E-state index in [9.17, 15) is 0 Å². The first-order valence-corrected chi connectivity index (χ1v) is 16.5. The Labute approximate surface area is 269 Å². The van der Waals surface area contributed by atoms with Gasteiger partial charge in [-0.1, -0.05) is 103 Å². The summed E-state index contributed by atoms with van der Waals surface area (Å²) in [5.74, 6) is 0. The topological polar surface area (TPSA) is 29.3 Å². The van der Waals surface area contributed by atoms with E-state index in [2.05, 4.69) is 162 Å². The van der Waals surface area contributed by atoms with Gasteiger partial charge in [-0.25, -0.2) is 4.99 Å². The quantitative estimate of drug-likeness (QED) is 0.213. The van der Waals surface area contributed by atoms with Gasteiger partial charge in [0.25, 0.3) is 0 Å². The molecule has 0 amide bonds. The molecule has 9 aromatic rings. The fraction of sp³-hybridized carbons (Fsp3) is 0.0238. The van der Waals surface area contributed by atoms with Crippen LogP contribution in [0.4, 0.5) is 11.4 Å². The predicted octanol–water partition coefficient (Wildman–Crippen LogP) is 11.6. The zero-order valence-corrected chi connectivity index (χ0v) is 25.6. The van der Waals surface area contributed by atoms with Crippen LogP contribution in [0.25, 0.3) is 58.4 Å². The second-order valence-electron chi connectivity index (χ2n) is 12.0. The summed E-state index contributed by atoms with van der Waals surface area (Å²) < 4.78 is 5.08. The number of aromatic nitrogens is 1. The molecule has 0 spiro atoms. The minimum atomic E-state index is -0.0633. The van der Waals surface area contributed by atoms with Gasteiger partial charge in [0, 0.05) is 42.2 Å². The maximum absolute atomic E-state index is 5.27. The van der Waals surface area contributed by atoms with Crippen molar-refractivity contribution in [1.29, 1.82) is 0 Å².